The molecule has 0 radical (unpaired) electrons. The minimum atomic E-state index is -0.0362. The maximum Gasteiger partial charge on any atom is 0.317 e. The largest absolute Gasteiger partial charge is 0.358 e. The van der Waals surface area contributed by atoms with E-state index in [1.165, 1.54) is 10.9 Å². The molecule has 31 heavy (non-hydrogen) atoms. The Labute approximate surface area is 182 Å². The van der Waals surface area contributed by atoms with Crippen LogP contribution in [-0.4, -0.2) is 66.0 Å². The Morgan fingerprint density at radius 3 is 2.45 bits per heavy atom. The van der Waals surface area contributed by atoms with E-state index >= 15 is 0 Å². The minimum absolute atomic E-state index is 0.0294. The van der Waals surface area contributed by atoms with E-state index in [4.69, 9.17) is 0 Å². The van der Waals surface area contributed by atoms with Crippen molar-refractivity contribution in [2.24, 2.45) is 0 Å². The van der Waals surface area contributed by atoms with Crippen LogP contribution in [0.15, 0.2) is 54.6 Å². The van der Waals surface area contributed by atoms with Gasteiger partial charge in [-0.05, 0) is 37.1 Å². The number of carbonyl (C=O) groups excluding carboxylic acids is 2. The average Bonchev–Trinajstić information content (AvgIpc) is 3.10. The Morgan fingerprint density at radius 2 is 1.68 bits per heavy atom. The molecule has 0 aliphatic carbocycles. The fourth-order valence-corrected chi connectivity index (χ4v) is 4.10. The van der Waals surface area contributed by atoms with Gasteiger partial charge in [0.05, 0.1) is 6.54 Å². The van der Waals surface area contributed by atoms with Crippen LogP contribution >= 0.6 is 0 Å². The van der Waals surface area contributed by atoms with Crippen molar-refractivity contribution in [1.29, 1.82) is 0 Å². The topological polar surface area (TPSA) is 80.5 Å². The smallest absolute Gasteiger partial charge is 0.317 e. The monoisotopic (exact) mass is 419 g/mol. The summed E-state index contributed by atoms with van der Waals surface area (Å²) in [5, 5.41) is 7.17. The number of aromatic nitrogens is 1. The molecule has 7 nitrogen and oxygen atoms in total. The third kappa shape index (κ3) is 5.24. The van der Waals surface area contributed by atoms with E-state index < -0.39 is 0 Å². The number of nitrogens with one attached hydrogen (secondary N) is 3. The lowest BCUT2D eigenvalue weighted by Gasteiger charge is -2.34. The molecule has 1 fully saturated rings. The second kappa shape index (κ2) is 9.66. The summed E-state index contributed by atoms with van der Waals surface area (Å²) in [6.07, 6.45) is 0.793. The van der Waals surface area contributed by atoms with Gasteiger partial charge in [-0.1, -0.05) is 36.4 Å². The highest BCUT2D eigenvalue weighted by Gasteiger charge is 2.22. The van der Waals surface area contributed by atoms with Crippen LogP contribution in [0.25, 0.3) is 10.9 Å². The van der Waals surface area contributed by atoms with Gasteiger partial charge in [-0.2, -0.15) is 0 Å². The van der Waals surface area contributed by atoms with Crippen LogP contribution < -0.4 is 10.6 Å². The number of benzene rings is 2. The number of carbonyl (C=O) groups is 2. The molecule has 1 saturated heterocycles. The number of amides is 3. The second-order valence-electron chi connectivity index (χ2n) is 7.93. The van der Waals surface area contributed by atoms with E-state index in [1.807, 2.05) is 47.4 Å². The Balaban J connectivity index is 1.19. The summed E-state index contributed by atoms with van der Waals surface area (Å²) in [7, 11) is 0. The summed E-state index contributed by atoms with van der Waals surface area (Å²) in [5.74, 6) is -0.0294. The molecule has 162 valence electrons. The summed E-state index contributed by atoms with van der Waals surface area (Å²) in [6, 6.07) is 17.7. The van der Waals surface area contributed by atoms with Gasteiger partial charge in [0.1, 0.15) is 0 Å². The van der Waals surface area contributed by atoms with Crippen molar-refractivity contribution in [3.8, 4) is 0 Å². The molecule has 3 aromatic rings. The first-order chi connectivity index (χ1) is 15.1. The zero-order valence-corrected chi connectivity index (χ0v) is 17.9. The molecule has 0 unspecified atom stereocenters. The van der Waals surface area contributed by atoms with Crippen molar-refractivity contribution in [1.82, 2.24) is 20.1 Å². The zero-order valence-electron chi connectivity index (χ0n) is 17.9. The van der Waals surface area contributed by atoms with Crippen LogP contribution in [0.3, 0.4) is 0 Å². The first-order valence-electron chi connectivity index (χ1n) is 10.8. The molecule has 3 N–H and O–H groups in total. The number of fused-ring (bicyclic) bond motifs is 1. The molecular formula is C24H29N5O2. The van der Waals surface area contributed by atoms with Crippen molar-refractivity contribution in [3.63, 3.8) is 0 Å². The minimum Gasteiger partial charge on any atom is -0.358 e. The fraction of sp³-hybridized carbons (Fsp3) is 0.333. The van der Waals surface area contributed by atoms with Crippen molar-refractivity contribution in [2.45, 2.75) is 13.3 Å². The van der Waals surface area contributed by atoms with E-state index in [1.54, 1.807) is 0 Å². The Bertz CT molecular complexity index is 1040. The number of aromatic amines is 1. The Hall–Kier alpha value is -3.32. The highest BCUT2D eigenvalue weighted by atomic mass is 16.2. The SMILES string of the molecule is Cc1[nH]c2ccccc2c1CCNC(=O)N1CCN(CC(=O)Nc2ccccc2)CC1. The second-order valence-corrected chi connectivity index (χ2v) is 7.93. The number of hydrogen-bond donors (Lipinski definition) is 3. The molecule has 0 atom stereocenters. The Morgan fingerprint density at radius 1 is 0.968 bits per heavy atom. The normalized spacial score (nSPS) is 14.5. The molecule has 1 aliphatic heterocycles. The van der Waals surface area contributed by atoms with E-state index in [-0.39, 0.29) is 11.9 Å². The quantitative estimate of drug-likeness (QED) is 0.575. The van der Waals surface area contributed by atoms with Crippen LogP contribution in [0.1, 0.15) is 11.3 Å². The average molecular weight is 420 g/mol. The zero-order chi connectivity index (χ0) is 21.6. The van der Waals surface area contributed by atoms with Crippen molar-refractivity contribution in [2.75, 3.05) is 44.6 Å². The number of urea groups is 1. The molecule has 0 saturated carbocycles. The first-order valence-corrected chi connectivity index (χ1v) is 10.8. The number of H-pyrrole nitrogens is 1. The van der Waals surface area contributed by atoms with Crippen molar-refractivity contribution < 1.29 is 9.59 Å². The summed E-state index contributed by atoms with van der Waals surface area (Å²) >= 11 is 0. The molecule has 2 aromatic carbocycles. The fourth-order valence-electron chi connectivity index (χ4n) is 4.10. The Kier molecular flexibility index (Phi) is 6.52. The predicted molar refractivity (Wildman–Crippen MR) is 123 cm³/mol. The number of aryl methyl sites for hydroxylation is 1. The van der Waals surface area contributed by atoms with Gasteiger partial charge in [0.2, 0.25) is 5.91 Å². The lowest BCUT2D eigenvalue weighted by atomic mass is 10.1. The molecule has 4 rings (SSSR count). The number of hydrogen-bond acceptors (Lipinski definition) is 3. The summed E-state index contributed by atoms with van der Waals surface area (Å²) < 4.78 is 0. The lowest BCUT2D eigenvalue weighted by Crippen LogP contribution is -2.53. The summed E-state index contributed by atoms with van der Waals surface area (Å²) in [6.45, 7) is 5.64. The maximum atomic E-state index is 12.6. The van der Waals surface area contributed by atoms with Gasteiger partial charge in [-0.3, -0.25) is 9.69 Å². The molecular weight excluding hydrogens is 390 g/mol. The lowest BCUT2D eigenvalue weighted by molar-refractivity contribution is -0.117. The number of anilines is 1. The highest BCUT2D eigenvalue weighted by molar-refractivity contribution is 5.92. The van der Waals surface area contributed by atoms with Gasteiger partial charge < -0.3 is 20.5 Å². The molecule has 1 aromatic heterocycles. The number of nitrogens with zero attached hydrogens (tertiary/aromatic N) is 2. The highest BCUT2D eigenvalue weighted by Crippen LogP contribution is 2.21. The molecule has 7 heteroatoms. The van der Waals surface area contributed by atoms with Crippen LogP contribution in [0.4, 0.5) is 10.5 Å². The third-order valence-corrected chi connectivity index (χ3v) is 5.76. The van der Waals surface area contributed by atoms with Gasteiger partial charge >= 0.3 is 6.03 Å². The standard InChI is InChI=1S/C24H29N5O2/c1-18-20(21-9-5-6-10-22(21)26-18)11-12-25-24(31)29-15-13-28(14-16-29)17-23(30)27-19-7-3-2-4-8-19/h2-10,26H,11-17H2,1H3,(H,25,31)(H,27,30). The third-order valence-electron chi connectivity index (χ3n) is 5.76. The molecule has 3 amide bonds. The summed E-state index contributed by atoms with van der Waals surface area (Å²) in [5.41, 5.74) is 4.34. The van der Waals surface area contributed by atoms with Crippen molar-refractivity contribution >= 4 is 28.5 Å². The van der Waals surface area contributed by atoms with Gasteiger partial charge in [-0.15, -0.1) is 0 Å². The molecule has 2 heterocycles. The van der Waals surface area contributed by atoms with E-state index in [9.17, 15) is 9.59 Å². The molecule has 1 aliphatic rings. The number of piperazine rings is 1. The van der Waals surface area contributed by atoms with Crippen LogP contribution in [0.5, 0.6) is 0 Å². The predicted octanol–water partition coefficient (Wildman–Crippen LogP) is 2.98. The molecule has 0 spiro atoms. The van der Waals surface area contributed by atoms with E-state index in [0.717, 1.165) is 23.3 Å². The number of rotatable bonds is 6. The number of para-hydroxylation sites is 2. The first kappa shape index (κ1) is 20.9. The van der Waals surface area contributed by atoms with Crippen LogP contribution in [0, 0.1) is 6.92 Å². The van der Waals surface area contributed by atoms with Crippen molar-refractivity contribution in [3.05, 3.63) is 65.9 Å². The maximum absolute atomic E-state index is 12.6. The van der Waals surface area contributed by atoms with Gasteiger partial charge in [-0.25, -0.2) is 4.79 Å². The van der Waals surface area contributed by atoms with Gasteiger partial charge in [0.25, 0.3) is 0 Å². The van der Waals surface area contributed by atoms with Gasteiger partial charge in [0, 0.05) is 55.0 Å². The summed E-state index contributed by atoms with van der Waals surface area (Å²) in [4.78, 5) is 32.1. The van der Waals surface area contributed by atoms with Crippen LogP contribution in [-0.2, 0) is 11.2 Å². The molecule has 0 bridgehead atoms. The van der Waals surface area contributed by atoms with Gasteiger partial charge in [0.15, 0.2) is 0 Å². The van der Waals surface area contributed by atoms with E-state index in [2.05, 4.69) is 39.6 Å². The van der Waals surface area contributed by atoms with E-state index in [0.29, 0.717) is 39.3 Å². The van der Waals surface area contributed by atoms with Crippen LogP contribution in [0.2, 0.25) is 0 Å².